The van der Waals surface area contributed by atoms with Gasteiger partial charge in [0.15, 0.2) is 0 Å². The molecular formula is C13H19BrN2O. The third-order valence-electron chi connectivity index (χ3n) is 2.81. The van der Waals surface area contributed by atoms with E-state index in [2.05, 4.69) is 21.2 Å². The topological polar surface area (TPSA) is 55.1 Å². The number of carbonyl (C=O) groups excluding carboxylic acids is 1. The molecule has 1 aromatic rings. The average molecular weight is 299 g/mol. The maximum Gasteiger partial charge on any atom is 0.230 e. The highest BCUT2D eigenvalue weighted by Gasteiger charge is 2.26. The van der Waals surface area contributed by atoms with Crippen LogP contribution >= 0.6 is 15.9 Å². The maximum atomic E-state index is 12.0. The predicted octanol–water partition coefficient (Wildman–Crippen LogP) is 3.07. The fourth-order valence-electron chi connectivity index (χ4n) is 1.45. The Morgan fingerprint density at radius 1 is 1.47 bits per heavy atom. The van der Waals surface area contributed by atoms with Crippen LogP contribution < -0.4 is 11.1 Å². The van der Waals surface area contributed by atoms with E-state index < -0.39 is 5.41 Å². The zero-order valence-electron chi connectivity index (χ0n) is 10.5. The molecule has 0 bridgehead atoms. The second kappa shape index (κ2) is 5.65. The van der Waals surface area contributed by atoms with Crippen LogP contribution in [0.2, 0.25) is 0 Å². The van der Waals surface area contributed by atoms with Crippen molar-refractivity contribution in [1.82, 2.24) is 0 Å². The molecule has 1 aromatic carbocycles. The van der Waals surface area contributed by atoms with Gasteiger partial charge in [-0.2, -0.15) is 0 Å². The molecule has 0 aliphatic heterocycles. The Balaban J connectivity index is 2.77. The lowest BCUT2D eigenvalue weighted by molar-refractivity contribution is -0.124. The monoisotopic (exact) mass is 298 g/mol. The molecule has 3 N–H and O–H groups in total. The molecule has 1 amide bonds. The molecule has 0 aliphatic rings. The highest BCUT2D eigenvalue weighted by Crippen LogP contribution is 2.25. The van der Waals surface area contributed by atoms with Crippen LogP contribution in [-0.4, -0.2) is 12.5 Å². The van der Waals surface area contributed by atoms with E-state index in [1.807, 2.05) is 39.0 Å². The van der Waals surface area contributed by atoms with E-state index in [1.165, 1.54) is 0 Å². The van der Waals surface area contributed by atoms with Crippen LogP contribution in [0.4, 0.5) is 5.69 Å². The van der Waals surface area contributed by atoms with Gasteiger partial charge in [-0.1, -0.05) is 35.8 Å². The quantitative estimate of drug-likeness (QED) is 0.897. The lowest BCUT2D eigenvalue weighted by atomic mass is 9.88. The average Bonchev–Trinajstić information content (AvgIpc) is 2.23. The van der Waals surface area contributed by atoms with Crippen LogP contribution in [0.25, 0.3) is 0 Å². The van der Waals surface area contributed by atoms with E-state index in [9.17, 15) is 4.79 Å². The smallest absolute Gasteiger partial charge is 0.230 e. The largest absolute Gasteiger partial charge is 0.330 e. The Morgan fingerprint density at radius 3 is 2.65 bits per heavy atom. The third kappa shape index (κ3) is 3.82. The van der Waals surface area contributed by atoms with Crippen LogP contribution in [0.15, 0.2) is 22.7 Å². The Hall–Kier alpha value is -0.870. The Morgan fingerprint density at radius 2 is 2.12 bits per heavy atom. The summed E-state index contributed by atoms with van der Waals surface area (Å²) in [6.45, 7) is 6.32. The molecule has 0 fully saturated rings. The van der Waals surface area contributed by atoms with Crippen LogP contribution in [0, 0.1) is 12.3 Å². The SMILES string of the molecule is Cc1ccc(NC(=O)C(C)(C)CCN)cc1Br. The van der Waals surface area contributed by atoms with E-state index in [0.717, 1.165) is 15.7 Å². The molecule has 0 spiro atoms. The van der Waals surface area contributed by atoms with Gasteiger partial charge in [0, 0.05) is 15.6 Å². The first-order valence-corrected chi connectivity index (χ1v) is 6.44. The predicted molar refractivity (Wildman–Crippen MR) is 75.0 cm³/mol. The minimum Gasteiger partial charge on any atom is -0.330 e. The molecule has 0 heterocycles. The van der Waals surface area contributed by atoms with Crippen molar-refractivity contribution in [1.29, 1.82) is 0 Å². The molecule has 0 aromatic heterocycles. The zero-order chi connectivity index (χ0) is 13.1. The Kier molecular flexibility index (Phi) is 4.71. The first-order valence-electron chi connectivity index (χ1n) is 5.64. The first-order chi connectivity index (χ1) is 7.86. The number of amides is 1. The van der Waals surface area contributed by atoms with Crippen LogP contribution in [0.3, 0.4) is 0 Å². The molecule has 0 radical (unpaired) electrons. The number of halogens is 1. The summed E-state index contributed by atoms with van der Waals surface area (Å²) < 4.78 is 0.993. The van der Waals surface area contributed by atoms with Crippen molar-refractivity contribution in [2.75, 3.05) is 11.9 Å². The minimum absolute atomic E-state index is 0.00120. The lowest BCUT2D eigenvalue weighted by Crippen LogP contribution is -2.32. The number of benzene rings is 1. The second-order valence-corrected chi connectivity index (χ2v) is 5.69. The van der Waals surface area contributed by atoms with Crippen molar-refractivity contribution in [3.63, 3.8) is 0 Å². The lowest BCUT2D eigenvalue weighted by Gasteiger charge is -2.22. The van der Waals surface area contributed by atoms with Crippen LogP contribution in [0.5, 0.6) is 0 Å². The van der Waals surface area contributed by atoms with Gasteiger partial charge < -0.3 is 11.1 Å². The fraction of sp³-hybridized carbons (Fsp3) is 0.462. The normalized spacial score (nSPS) is 11.4. The number of anilines is 1. The second-order valence-electron chi connectivity index (χ2n) is 4.84. The first kappa shape index (κ1) is 14.2. The van der Waals surface area contributed by atoms with Crippen molar-refractivity contribution in [2.45, 2.75) is 27.2 Å². The van der Waals surface area contributed by atoms with Crippen LogP contribution in [-0.2, 0) is 4.79 Å². The molecule has 0 aliphatic carbocycles. The molecule has 17 heavy (non-hydrogen) atoms. The van der Waals surface area contributed by atoms with E-state index >= 15 is 0 Å². The molecule has 0 saturated carbocycles. The molecule has 4 heteroatoms. The number of aryl methyl sites for hydroxylation is 1. The van der Waals surface area contributed by atoms with Crippen molar-refractivity contribution < 1.29 is 4.79 Å². The van der Waals surface area contributed by atoms with Crippen molar-refractivity contribution >= 4 is 27.5 Å². The maximum absolute atomic E-state index is 12.0. The summed E-state index contributed by atoms with van der Waals surface area (Å²) in [6.07, 6.45) is 0.672. The van der Waals surface area contributed by atoms with Gasteiger partial charge in [-0.3, -0.25) is 4.79 Å². The van der Waals surface area contributed by atoms with E-state index in [-0.39, 0.29) is 5.91 Å². The molecule has 0 atom stereocenters. The molecule has 0 unspecified atom stereocenters. The van der Waals surface area contributed by atoms with Crippen LogP contribution in [0.1, 0.15) is 25.8 Å². The summed E-state index contributed by atoms with van der Waals surface area (Å²) >= 11 is 3.45. The number of carbonyl (C=O) groups is 1. The van der Waals surface area contributed by atoms with Gasteiger partial charge >= 0.3 is 0 Å². The third-order valence-corrected chi connectivity index (χ3v) is 3.67. The summed E-state index contributed by atoms with van der Waals surface area (Å²) in [5.41, 5.74) is 7.01. The summed E-state index contributed by atoms with van der Waals surface area (Å²) in [4.78, 5) is 12.0. The van der Waals surface area contributed by atoms with E-state index in [0.29, 0.717) is 13.0 Å². The number of nitrogens with one attached hydrogen (secondary N) is 1. The number of hydrogen-bond donors (Lipinski definition) is 2. The number of rotatable bonds is 4. The minimum atomic E-state index is -0.438. The van der Waals surface area contributed by atoms with Crippen molar-refractivity contribution in [2.24, 2.45) is 11.1 Å². The highest BCUT2D eigenvalue weighted by atomic mass is 79.9. The van der Waals surface area contributed by atoms with E-state index in [1.54, 1.807) is 0 Å². The van der Waals surface area contributed by atoms with Gasteiger partial charge in [-0.25, -0.2) is 0 Å². The summed E-state index contributed by atoms with van der Waals surface area (Å²) in [7, 11) is 0. The number of nitrogens with two attached hydrogens (primary N) is 1. The summed E-state index contributed by atoms with van der Waals surface area (Å²) in [6, 6.07) is 5.78. The van der Waals surface area contributed by atoms with Gasteiger partial charge in [-0.15, -0.1) is 0 Å². The fourth-order valence-corrected chi connectivity index (χ4v) is 1.82. The molecular weight excluding hydrogens is 280 g/mol. The van der Waals surface area contributed by atoms with Gasteiger partial charge in [-0.05, 0) is 37.6 Å². The highest BCUT2D eigenvalue weighted by molar-refractivity contribution is 9.10. The van der Waals surface area contributed by atoms with Gasteiger partial charge in [0.2, 0.25) is 5.91 Å². The Bertz CT molecular complexity index is 416. The molecule has 0 saturated heterocycles. The summed E-state index contributed by atoms with van der Waals surface area (Å²) in [5, 5.41) is 2.91. The van der Waals surface area contributed by atoms with Gasteiger partial charge in [0.25, 0.3) is 0 Å². The standard InChI is InChI=1S/C13H19BrN2O/c1-9-4-5-10(8-11(9)14)16-12(17)13(2,3)6-7-15/h4-5,8H,6-7,15H2,1-3H3,(H,16,17). The molecule has 94 valence electrons. The summed E-state index contributed by atoms with van der Waals surface area (Å²) in [5.74, 6) is -0.00120. The molecule has 3 nitrogen and oxygen atoms in total. The molecule has 1 rings (SSSR count). The van der Waals surface area contributed by atoms with Gasteiger partial charge in [0.1, 0.15) is 0 Å². The number of hydrogen-bond acceptors (Lipinski definition) is 2. The van der Waals surface area contributed by atoms with Crippen molar-refractivity contribution in [3.05, 3.63) is 28.2 Å². The Labute approximate surface area is 111 Å². The van der Waals surface area contributed by atoms with Gasteiger partial charge in [0.05, 0.1) is 0 Å². The van der Waals surface area contributed by atoms with E-state index in [4.69, 9.17) is 5.73 Å². The zero-order valence-corrected chi connectivity index (χ0v) is 12.1. The van der Waals surface area contributed by atoms with Crippen molar-refractivity contribution in [3.8, 4) is 0 Å².